The zero-order valence-corrected chi connectivity index (χ0v) is 17.4. The van der Waals surface area contributed by atoms with Gasteiger partial charge in [-0.15, -0.1) is 0 Å². The molecule has 0 saturated carbocycles. The van der Waals surface area contributed by atoms with Crippen molar-refractivity contribution in [1.29, 1.82) is 0 Å². The number of furan rings is 1. The summed E-state index contributed by atoms with van der Waals surface area (Å²) < 4.78 is 17.7. The standard InChI is InChI=1S/C22H24BrNO3/c1-15-12-17(5-7-19(15)23)20-9-6-18(27-20)14-24-11-10-16-4-8-21(25-2)22(13-16)26-3/h4-9,12-13,24H,10-11,14H2,1-3H3. The number of halogens is 1. The van der Waals surface area contributed by atoms with E-state index in [1.54, 1.807) is 14.2 Å². The van der Waals surface area contributed by atoms with Gasteiger partial charge in [0.2, 0.25) is 0 Å². The Morgan fingerprint density at radius 1 is 0.963 bits per heavy atom. The smallest absolute Gasteiger partial charge is 0.160 e. The maximum Gasteiger partial charge on any atom is 0.160 e. The van der Waals surface area contributed by atoms with Gasteiger partial charge in [0.1, 0.15) is 11.5 Å². The van der Waals surface area contributed by atoms with Crippen LogP contribution in [-0.2, 0) is 13.0 Å². The van der Waals surface area contributed by atoms with Crippen molar-refractivity contribution in [1.82, 2.24) is 5.32 Å². The highest BCUT2D eigenvalue weighted by atomic mass is 79.9. The second kappa shape index (κ2) is 9.11. The van der Waals surface area contributed by atoms with Gasteiger partial charge >= 0.3 is 0 Å². The summed E-state index contributed by atoms with van der Waals surface area (Å²) in [6, 6.07) is 16.3. The first-order valence-corrected chi connectivity index (χ1v) is 9.67. The zero-order chi connectivity index (χ0) is 19.2. The molecular weight excluding hydrogens is 406 g/mol. The maximum absolute atomic E-state index is 5.97. The second-order valence-corrected chi connectivity index (χ2v) is 7.20. The van der Waals surface area contributed by atoms with E-state index in [-0.39, 0.29) is 0 Å². The van der Waals surface area contributed by atoms with Gasteiger partial charge in [0.05, 0.1) is 20.8 Å². The third-order valence-electron chi connectivity index (χ3n) is 4.44. The van der Waals surface area contributed by atoms with Crippen LogP contribution in [0.25, 0.3) is 11.3 Å². The zero-order valence-electron chi connectivity index (χ0n) is 15.8. The van der Waals surface area contributed by atoms with E-state index < -0.39 is 0 Å². The number of rotatable bonds is 8. The molecule has 2 aromatic carbocycles. The Kier molecular flexibility index (Phi) is 6.58. The summed E-state index contributed by atoms with van der Waals surface area (Å²) in [4.78, 5) is 0. The van der Waals surface area contributed by atoms with Crippen LogP contribution in [0, 0.1) is 6.92 Å². The van der Waals surface area contributed by atoms with Crippen molar-refractivity contribution in [3.63, 3.8) is 0 Å². The van der Waals surface area contributed by atoms with E-state index in [2.05, 4.69) is 46.4 Å². The number of methoxy groups -OCH3 is 2. The third kappa shape index (κ3) is 4.93. The molecule has 142 valence electrons. The summed E-state index contributed by atoms with van der Waals surface area (Å²) >= 11 is 3.53. The van der Waals surface area contributed by atoms with Crippen molar-refractivity contribution in [2.45, 2.75) is 19.9 Å². The van der Waals surface area contributed by atoms with Gasteiger partial charge in [0.15, 0.2) is 11.5 Å². The lowest BCUT2D eigenvalue weighted by atomic mass is 10.1. The Bertz CT molecular complexity index is 904. The molecule has 0 unspecified atom stereocenters. The second-order valence-electron chi connectivity index (χ2n) is 6.35. The first-order chi connectivity index (χ1) is 13.1. The van der Waals surface area contributed by atoms with Crippen molar-refractivity contribution in [2.75, 3.05) is 20.8 Å². The first kappa shape index (κ1) is 19.5. The van der Waals surface area contributed by atoms with E-state index in [0.717, 1.165) is 46.0 Å². The Morgan fingerprint density at radius 2 is 1.78 bits per heavy atom. The minimum atomic E-state index is 0.697. The van der Waals surface area contributed by atoms with Crippen molar-refractivity contribution in [3.05, 3.63) is 69.9 Å². The summed E-state index contributed by atoms with van der Waals surface area (Å²) in [5.41, 5.74) is 3.48. The lowest BCUT2D eigenvalue weighted by Crippen LogP contribution is -2.16. The number of hydrogen-bond acceptors (Lipinski definition) is 4. The molecule has 3 rings (SSSR count). The van der Waals surface area contributed by atoms with Crippen LogP contribution in [0.3, 0.4) is 0 Å². The molecule has 1 N–H and O–H groups in total. The monoisotopic (exact) mass is 429 g/mol. The molecule has 0 radical (unpaired) electrons. The normalized spacial score (nSPS) is 10.8. The number of nitrogens with one attached hydrogen (secondary N) is 1. The van der Waals surface area contributed by atoms with Gasteiger partial charge in [0, 0.05) is 10.0 Å². The van der Waals surface area contributed by atoms with Crippen molar-refractivity contribution in [2.24, 2.45) is 0 Å². The van der Waals surface area contributed by atoms with E-state index in [9.17, 15) is 0 Å². The van der Waals surface area contributed by atoms with Crippen molar-refractivity contribution < 1.29 is 13.9 Å². The van der Waals surface area contributed by atoms with Gasteiger partial charge in [-0.05, 0) is 67.4 Å². The molecule has 0 aliphatic rings. The van der Waals surface area contributed by atoms with Crippen molar-refractivity contribution >= 4 is 15.9 Å². The van der Waals surface area contributed by atoms with Gasteiger partial charge in [0.25, 0.3) is 0 Å². The number of hydrogen-bond donors (Lipinski definition) is 1. The van der Waals surface area contributed by atoms with Crippen LogP contribution in [0.4, 0.5) is 0 Å². The molecule has 0 bridgehead atoms. The highest BCUT2D eigenvalue weighted by Crippen LogP contribution is 2.28. The van der Waals surface area contributed by atoms with E-state index in [1.165, 1.54) is 11.1 Å². The van der Waals surface area contributed by atoms with Gasteiger partial charge in [-0.25, -0.2) is 0 Å². The molecule has 0 amide bonds. The molecule has 5 heteroatoms. The molecule has 1 heterocycles. The summed E-state index contributed by atoms with van der Waals surface area (Å²) in [5.74, 6) is 3.33. The number of aryl methyl sites for hydroxylation is 1. The quantitative estimate of drug-likeness (QED) is 0.489. The van der Waals surface area contributed by atoms with Gasteiger partial charge in [-0.2, -0.15) is 0 Å². The van der Waals surface area contributed by atoms with Crippen LogP contribution in [0.2, 0.25) is 0 Å². The average Bonchev–Trinajstić information content (AvgIpc) is 3.16. The van der Waals surface area contributed by atoms with Crippen LogP contribution in [0.5, 0.6) is 11.5 Å². The fourth-order valence-electron chi connectivity index (χ4n) is 2.91. The summed E-state index contributed by atoms with van der Waals surface area (Å²) in [5, 5.41) is 3.43. The number of benzene rings is 2. The molecule has 0 fully saturated rings. The minimum absolute atomic E-state index is 0.697. The van der Waals surface area contributed by atoms with Crippen LogP contribution >= 0.6 is 15.9 Å². The summed E-state index contributed by atoms with van der Waals surface area (Å²) in [6.45, 7) is 3.62. The lowest BCUT2D eigenvalue weighted by Gasteiger charge is -2.09. The SMILES string of the molecule is COc1ccc(CCNCc2ccc(-c3ccc(Br)c(C)c3)o2)cc1OC. The molecule has 27 heavy (non-hydrogen) atoms. The fourth-order valence-corrected chi connectivity index (χ4v) is 3.15. The van der Waals surface area contributed by atoms with Crippen molar-refractivity contribution in [3.8, 4) is 22.8 Å². The van der Waals surface area contributed by atoms with E-state index in [0.29, 0.717) is 6.54 Å². The van der Waals surface area contributed by atoms with Crippen LogP contribution in [-0.4, -0.2) is 20.8 Å². The molecule has 0 aliphatic carbocycles. The van der Waals surface area contributed by atoms with Gasteiger partial charge in [-0.3, -0.25) is 0 Å². The predicted molar refractivity (Wildman–Crippen MR) is 112 cm³/mol. The van der Waals surface area contributed by atoms with Crippen LogP contribution in [0.1, 0.15) is 16.9 Å². The van der Waals surface area contributed by atoms with E-state index >= 15 is 0 Å². The molecule has 0 aliphatic heterocycles. The highest BCUT2D eigenvalue weighted by molar-refractivity contribution is 9.10. The summed E-state index contributed by atoms with van der Waals surface area (Å²) in [7, 11) is 3.30. The predicted octanol–water partition coefficient (Wildman–Crippen LogP) is 5.37. The van der Waals surface area contributed by atoms with E-state index in [1.807, 2.05) is 30.3 Å². The van der Waals surface area contributed by atoms with E-state index in [4.69, 9.17) is 13.9 Å². The molecule has 0 atom stereocenters. The van der Waals surface area contributed by atoms with Crippen LogP contribution < -0.4 is 14.8 Å². The molecule has 0 saturated heterocycles. The Labute approximate surface area is 168 Å². The Morgan fingerprint density at radius 3 is 2.52 bits per heavy atom. The van der Waals surface area contributed by atoms with Crippen LogP contribution in [0.15, 0.2) is 57.4 Å². The average molecular weight is 430 g/mol. The summed E-state index contributed by atoms with van der Waals surface area (Å²) in [6.07, 6.45) is 0.903. The van der Waals surface area contributed by atoms with Gasteiger partial charge in [-0.1, -0.05) is 28.1 Å². The molecule has 3 aromatic rings. The largest absolute Gasteiger partial charge is 0.493 e. The number of ether oxygens (including phenoxy) is 2. The molecular formula is C22H24BrNO3. The lowest BCUT2D eigenvalue weighted by molar-refractivity contribution is 0.354. The Balaban J connectivity index is 1.53. The topological polar surface area (TPSA) is 43.6 Å². The third-order valence-corrected chi connectivity index (χ3v) is 5.33. The molecule has 0 spiro atoms. The highest BCUT2D eigenvalue weighted by Gasteiger charge is 2.07. The minimum Gasteiger partial charge on any atom is -0.493 e. The Hall–Kier alpha value is -2.24. The fraction of sp³-hybridized carbons (Fsp3) is 0.273. The maximum atomic E-state index is 5.97. The first-order valence-electron chi connectivity index (χ1n) is 8.87. The molecule has 1 aromatic heterocycles. The van der Waals surface area contributed by atoms with Gasteiger partial charge < -0.3 is 19.2 Å². The molecule has 4 nitrogen and oxygen atoms in total.